The van der Waals surface area contributed by atoms with Gasteiger partial charge in [0.05, 0.1) is 11.6 Å². The van der Waals surface area contributed by atoms with E-state index in [4.69, 9.17) is 4.74 Å². The van der Waals surface area contributed by atoms with Gasteiger partial charge < -0.3 is 25.4 Å². The second kappa shape index (κ2) is 16.0. The second-order valence-electron chi connectivity index (χ2n) is 14.1. The summed E-state index contributed by atoms with van der Waals surface area (Å²) in [6.45, 7) is 10.4. The predicted molar refractivity (Wildman–Crippen MR) is 193 cm³/mol. The van der Waals surface area contributed by atoms with Crippen LogP contribution in [0.3, 0.4) is 0 Å². The van der Waals surface area contributed by atoms with Gasteiger partial charge in [0.25, 0.3) is 5.91 Å². The lowest BCUT2D eigenvalue weighted by Gasteiger charge is -2.55. The molecule has 3 fully saturated rings. The van der Waals surface area contributed by atoms with Crippen molar-refractivity contribution in [1.82, 2.24) is 20.4 Å². The number of hydrogen-bond acceptors (Lipinski definition) is 6. The second-order valence-corrected chi connectivity index (χ2v) is 14.1. The number of likely N-dealkylation sites (tertiary alicyclic amines) is 1. The number of rotatable bonds is 12. The van der Waals surface area contributed by atoms with E-state index in [9.17, 15) is 14.7 Å². The molecule has 2 atom stereocenters. The summed E-state index contributed by atoms with van der Waals surface area (Å²) in [7, 11) is 0. The maximum absolute atomic E-state index is 14.0. The number of hydrogen-bond donors (Lipinski definition) is 3. The quantitative estimate of drug-likeness (QED) is 0.197. The summed E-state index contributed by atoms with van der Waals surface area (Å²) in [6, 6.07) is 24.6. The van der Waals surface area contributed by atoms with Gasteiger partial charge in [-0.3, -0.25) is 14.5 Å². The minimum absolute atomic E-state index is 0.0453. The first-order chi connectivity index (χ1) is 23.9. The highest BCUT2D eigenvalue weighted by atomic mass is 16.5. The van der Waals surface area contributed by atoms with Gasteiger partial charge in [0.1, 0.15) is 17.5 Å². The van der Waals surface area contributed by atoms with Crippen molar-refractivity contribution in [2.75, 3.05) is 19.6 Å². The SMILES string of the molecule is C=C1N[C@@H]([C@H](O)C2CCCCC2)C(=O)N(CCCC)C12CCN(Cc1ccc(Oc3ccc(C(=O)NCc4ccccc4)cc3)cc1)CC2. The molecular weight excluding hydrogens is 612 g/mol. The molecule has 8 nitrogen and oxygen atoms in total. The van der Waals surface area contributed by atoms with Crippen LogP contribution in [0.1, 0.15) is 86.2 Å². The van der Waals surface area contributed by atoms with Gasteiger partial charge in [0.15, 0.2) is 0 Å². The third-order valence-corrected chi connectivity index (χ3v) is 10.8. The maximum Gasteiger partial charge on any atom is 0.251 e. The summed E-state index contributed by atoms with van der Waals surface area (Å²) in [6.07, 6.45) is 8.38. The van der Waals surface area contributed by atoms with Crippen LogP contribution in [0.5, 0.6) is 11.5 Å². The molecule has 1 spiro atoms. The lowest BCUT2D eigenvalue weighted by Crippen LogP contribution is -2.70. The van der Waals surface area contributed by atoms with Gasteiger partial charge in [-0.2, -0.15) is 0 Å². The van der Waals surface area contributed by atoms with Gasteiger partial charge in [-0.1, -0.05) is 81.7 Å². The van der Waals surface area contributed by atoms with Crippen molar-refractivity contribution < 1.29 is 19.4 Å². The Labute approximate surface area is 291 Å². The van der Waals surface area contributed by atoms with E-state index in [-0.39, 0.29) is 17.7 Å². The van der Waals surface area contributed by atoms with Gasteiger partial charge in [-0.15, -0.1) is 0 Å². The molecule has 0 unspecified atom stereocenters. The van der Waals surface area contributed by atoms with Crippen LogP contribution in [0.25, 0.3) is 0 Å². The molecule has 2 aliphatic heterocycles. The van der Waals surface area contributed by atoms with E-state index in [0.29, 0.717) is 24.4 Å². The third-order valence-electron chi connectivity index (χ3n) is 10.8. The molecule has 3 aromatic carbocycles. The topological polar surface area (TPSA) is 94.1 Å². The molecule has 2 saturated heterocycles. The first-order valence-electron chi connectivity index (χ1n) is 18.2. The summed E-state index contributed by atoms with van der Waals surface area (Å²) in [5.41, 5.74) is 3.32. The van der Waals surface area contributed by atoms with Gasteiger partial charge in [0.2, 0.25) is 5.91 Å². The normalized spacial score (nSPS) is 20.5. The highest BCUT2D eigenvalue weighted by Gasteiger charge is 2.52. The Hall–Kier alpha value is -4.14. The predicted octanol–water partition coefficient (Wildman–Crippen LogP) is 6.80. The zero-order valence-electron chi connectivity index (χ0n) is 28.9. The van der Waals surface area contributed by atoms with Crippen molar-refractivity contribution in [3.63, 3.8) is 0 Å². The molecule has 8 heteroatoms. The molecule has 2 heterocycles. The molecule has 260 valence electrons. The van der Waals surface area contributed by atoms with Crippen LogP contribution in [0.4, 0.5) is 0 Å². The molecule has 2 amide bonds. The van der Waals surface area contributed by atoms with Crippen molar-refractivity contribution in [3.8, 4) is 11.5 Å². The number of aliphatic hydroxyl groups is 1. The molecule has 3 N–H and O–H groups in total. The van der Waals surface area contributed by atoms with E-state index in [2.05, 4.69) is 46.1 Å². The molecule has 1 aliphatic carbocycles. The lowest BCUT2D eigenvalue weighted by atomic mass is 9.76. The van der Waals surface area contributed by atoms with Crippen LogP contribution in [-0.2, 0) is 17.9 Å². The molecule has 0 aromatic heterocycles. The first kappa shape index (κ1) is 34.7. The fourth-order valence-electron chi connectivity index (χ4n) is 7.81. The monoisotopic (exact) mass is 664 g/mol. The Balaban J connectivity index is 1.01. The minimum atomic E-state index is -0.672. The number of amides is 2. The summed E-state index contributed by atoms with van der Waals surface area (Å²) < 4.78 is 6.08. The summed E-state index contributed by atoms with van der Waals surface area (Å²) in [5.74, 6) is 1.51. The van der Waals surface area contributed by atoms with Gasteiger partial charge in [-0.05, 0) is 85.5 Å². The number of carbonyl (C=O) groups excluding carboxylic acids is 2. The number of ether oxygens (including phenoxy) is 1. The van der Waals surface area contributed by atoms with Crippen molar-refractivity contribution in [1.29, 1.82) is 0 Å². The van der Waals surface area contributed by atoms with Crippen molar-refractivity contribution in [2.45, 2.75) is 95.5 Å². The van der Waals surface area contributed by atoms with Gasteiger partial charge in [-0.25, -0.2) is 0 Å². The number of unbranched alkanes of at least 4 members (excludes halogenated alkanes) is 1. The number of piperidine rings is 1. The zero-order chi connectivity index (χ0) is 34.2. The Morgan fingerprint density at radius 3 is 2.27 bits per heavy atom. The Kier molecular flexibility index (Phi) is 11.4. The Morgan fingerprint density at radius 2 is 1.61 bits per heavy atom. The largest absolute Gasteiger partial charge is 0.457 e. The van der Waals surface area contributed by atoms with Crippen LogP contribution >= 0.6 is 0 Å². The van der Waals surface area contributed by atoms with Crippen LogP contribution in [0.2, 0.25) is 0 Å². The summed E-state index contributed by atoms with van der Waals surface area (Å²) in [4.78, 5) is 31.1. The average Bonchev–Trinajstić information content (AvgIpc) is 3.14. The maximum atomic E-state index is 14.0. The van der Waals surface area contributed by atoms with E-state index in [1.165, 1.54) is 12.0 Å². The number of piperazine rings is 1. The van der Waals surface area contributed by atoms with Gasteiger partial charge >= 0.3 is 0 Å². The fourth-order valence-corrected chi connectivity index (χ4v) is 7.81. The number of carbonyl (C=O) groups is 2. The summed E-state index contributed by atoms with van der Waals surface area (Å²) in [5, 5.41) is 17.7. The molecule has 49 heavy (non-hydrogen) atoms. The van der Waals surface area contributed by atoms with Crippen LogP contribution in [-0.4, -0.2) is 64.0 Å². The number of nitrogens with zero attached hydrogens (tertiary/aromatic N) is 2. The molecule has 1 saturated carbocycles. The fraction of sp³-hybridized carbons (Fsp3) is 0.463. The van der Waals surface area contributed by atoms with Gasteiger partial charge in [0, 0.05) is 44.0 Å². The van der Waals surface area contributed by atoms with E-state index in [1.807, 2.05) is 54.6 Å². The number of benzene rings is 3. The van der Waals surface area contributed by atoms with Crippen molar-refractivity contribution in [3.05, 3.63) is 108 Å². The molecule has 3 aromatic rings. The average molecular weight is 665 g/mol. The molecule has 0 radical (unpaired) electrons. The standard InChI is InChI=1S/C41H52N4O4/c1-3-4-25-45-40(48)37(38(46)33-13-9-6-10-14-33)43-30(2)41(45)23-26-44(27-24-41)29-32-15-19-35(20-16-32)49-36-21-17-34(18-22-36)39(47)42-28-31-11-7-5-8-12-31/h5,7-8,11-12,15-22,33,37-38,43,46H,2-4,6,9-10,13-14,23-29H2,1H3,(H,42,47)/t37-,38+/m0/s1. The van der Waals surface area contributed by atoms with Crippen LogP contribution in [0, 0.1) is 5.92 Å². The van der Waals surface area contributed by atoms with E-state index < -0.39 is 17.7 Å². The Morgan fingerprint density at radius 1 is 0.959 bits per heavy atom. The van der Waals surface area contributed by atoms with Crippen molar-refractivity contribution >= 4 is 11.8 Å². The molecule has 6 rings (SSSR count). The Bertz CT molecular complexity index is 1540. The molecule has 3 aliphatic rings. The van der Waals surface area contributed by atoms with Crippen molar-refractivity contribution in [2.24, 2.45) is 5.92 Å². The van der Waals surface area contributed by atoms with E-state index in [1.54, 1.807) is 12.1 Å². The summed E-state index contributed by atoms with van der Waals surface area (Å²) >= 11 is 0. The smallest absolute Gasteiger partial charge is 0.251 e. The molecular formula is C41H52N4O4. The molecule has 0 bridgehead atoms. The highest BCUT2D eigenvalue weighted by molar-refractivity contribution is 5.94. The zero-order valence-corrected chi connectivity index (χ0v) is 28.9. The number of nitrogens with one attached hydrogen (secondary N) is 2. The van der Waals surface area contributed by atoms with Crippen LogP contribution in [0.15, 0.2) is 91.1 Å². The number of aliphatic hydroxyl groups excluding tert-OH is 1. The third kappa shape index (κ3) is 8.19. The highest BCUT2D eigenvalue weighted by Crippen LogP contribution is 2.40. The van der Waals surface area contributed by atoms with E-state index >= 15 is 0 Å². The first-order valence-corrected chi connectivity index (χ1v) is 18.2. The van der Waals surface area contributed by atoms with Crippen LogP contribution < -0.4 is 15.4 Å². The van der Waals surface area contributed by atoms with E-state index in [0.717, 1.165) is 88.0 Å². The lowest BCUT2D eigenvalue weighted by molar-refractivity contribution is -0.149. The minimum Gasteiger partial charge on any atom is -0.457 e.